The van der Waals surface area contributed by atoms with Crippen molar-refractivity contribution in [3.63, 3.8) is 0 Å². The second kappa shape index (κ2) is 4.70. The van der Waals surface area contributed by atoms with E-state index in [0.29, 0.717) is 22.0 Å². The molecule has 18 heavy (non-hydrogen) atoms. The predicted molar refractivity (Wildman–Crippen MR) is 67.2 cm³/mol. The van der Waals surface area contributed by atoms with Crippen LogP contribution in [0.2, 0.25) is 5.02 Å². The van der Waals surface area contributed by atoms with Gasteiger partial charge in [-0.25, -0.2) is 4.79 Å². The first-order valence-electron chi connectivity index (χ1n) is 5.13. The Hall–Kier alpha value is -2.01. The fraction of sp³-hybridized carbons (Fsp3) is 0.167. The molecule has 6 heteroatoms. The minimum absolute atomic E-state index is 0.138. The number of ether oxygens (including phenoxy) is 1. The largest absolute Gasteiger partial charge is 0.495 e. The molecule has 0 aliphatic heterocycles. The molecule has 2 rings (SSSR count). The number of aryl methyl sites for hydroxylation is 1. The lowest BCUT2D eigenvalue weighted by molar-refractivity contribution is 0.0697. The predicted octanol–water partition coefficient (Wildman–Crippen LogP) is 2.45. The van der Waals surface area contributed by atoms with E-state index in [1.807, 2.05) is 0 Å². The van der Waals surface area contributed by atoms with Gasteiger partial charge in [0.05, 0.1) is 12.1 Å². The summed E-state index contributed by atoms with van der Waals surface area (Å²) >= 11 is 6.01. The number of carboxylic acids is 1. The number of halogens is 1. The Balaban J connectivity index is 2.55. The van der Waals surface area contributed by atoms with E-state index in [9.17, 15) is 4.79 Å². The smallest absolute Gasteiger partial charge is 0.339 e. The van der Waals surface area contributed by atoms with Crippen molar-refractivity contribution in [2.45, 2.75) is 0 Å². The Morgan fingerprint density at radius 1 is 1.50 bits per heavy atom. The van der Waals surface area contributed by atoms with Gasteiger partial charge in [0, 0.05) is 18.8 Å². The molecule has 0 saturated carbocycles. The molecule has 0 aliphatic rings. The van der Waals surface area contributed by atoms with Crippen LogP contribution in [0.5, 0.6) is 5.75 Å². The number of hydrogen-bond donors (Lipinski definition) is 1. The number of aromatic nitrogens is 2. The van der Waals surface area contributed by atoms with Crippen LogP contribution < -0.4 is 4.74 Å². The van der Waals surface area contributed by atoms with Crippen LogP contribution in [0.15, 0.2) is 24.4 Å². The Labute approximate surface area is 109 Å². The molecule has 0 amide bonds. The van der Waals surface area contributed by atoms with Crippen LogP contribution in [-0.2, 0) is 7.05 Å². The van der Waals surface area contributed by atoms with Gasteiger partial charge in [-0.05, 0) is 18.2 Å². The lowest BCUT2D eigenvalue weighted by Crippen LogP contribution is -1.96. The van der Waals surface area contributed by atoms with Crippen LogP contribution in [0.1, 0.15) is 10.4 Å². The van der Waals surface area contributed by atoms with Gasteiger partial charge >= 0.3 is 5.97 Å². The van der Waals surface area contributed by atoms with Crippen LogP contribution in [-0.4, -0.2) is 28.0 Å². The zero-order chi connectivity index (χ0) is 13.3. The SMILES string of the molecule is COc1ccc(-c2nn(C)cc2C(=O)O)cc1Cl. The highest BCUT2D eigenvalue weighted by Crippen LogP contribution is 2.30. The number of aromatic carboxylic acids is 1. The maximum absolute atomic E-state index is 11.1. The van der Waals surface area contributed by atoms with Gasteiger partial charge in [0.15, 0.2) is 0 Å². The second-order valence-electron chi connectivity index (χ2n) is 3.72. The third-order valence-electron chi connectivity index (χ3n) is 2.48. The van der Waals surface area contributed by atoms with Crippen LogP contribution in [0, 0.1) is 0 Å². The number of carboxylic acid groups (broad SMARTS) is 1. The van der Waals surface area contributed by atoms with Gasteiger partial charge in [0.1, 0.15) is 17.0 Å². The fourth-order valence-corrected chi connectivity index (χ4v) is 1.93. The maximum Gasteiger partial charge on any atom is 0.339 e. The van der Waals surface area contributed by atoms with Gasteiger partial charge < -0.3 is 9.84 Å². The molecule has 1 aromatic heterocycles. The van der Waals surface area contributed by atoms with Crippen molar-refractivity contribution in [3.8, 4) is 17.0 Å². The Morgan fingerprint density at radius 3 is 2.78 bits per heavy atom. The summed E-state index contributed by atoms with van der Waals surface area (Å²) < 4.78 is 6.50. The molecule has 0 fully saturated rings. The zero-order valence-electron chi connectivity index (χ0n) is 9.85. The quantitative estimate of drug-likeness (QED) is 0.927. The highest BCUT2D eigenvalue weighted by Gasteiger charge is 2.17. The molecular formula is C12H11ClN2O3. The van der Waals surface area contributed by atoms with E-state index in [2.05, 4.69) is 5.10 Å². The average molecular weight is 267 g/mol. The first-order chi connectivity index (χ1) is 8.52. The van der Waals surface area contributed by atoms with E-state index in [-0.39, 0.29) is 5.56 Å². The summed E-state index contributed by atoms with van der Waals surface area (Å²) in [6.07, 6.45) is 1.45. The summed E-state index contributed by atoms with van der Waals surface area (Å²) in [4.78, 5) is 11.1. The minimum atomic E-state index is -1.02. The average Bonchev–Trinajstić information content (AvgIpc) is 2.71. The van der Waals surface area contributed by atoms with E-state index in [1.165, 1.54) is 18.0 Å². The number of carbonyl (C=O) groups is 1. The van der Waals surface area contributed by atoms with E-state index in [1.54, 1.807) is 25.2 Å². The molecule has 0 spiro atoms. The highest BCUT2D eigenvalue weighted by atomic mass is 35.5. The summed E-state index contributed by atoms with van der Waals surface area (Å²) in [5, 5.41) is 13.6. The monoisotopic (exact) mass is 266 g/mol. The molecule has 1 N–H and O–H groups in total. The van der Waals surface area contributed by atoms with Crippen molar-refractivity contribution in [2.75, 3.05) is 7.11 Å². The summed E-state index contributed by atoms with van der Waals surface area (Å²) in [5.74, 6) is -0.488. The molecule has 0 atom stereocenters. The van der Waals surface area contributed by atoms with Crippen LogP contribution in [0.4, 0.5) is 0 Å². The highest BCUT2D eigenvalue weighted by molar-refractivity contribution is 6.32. The zero-order valence-corrected chi connectivity index (χ0v) is 10.6. The van der Waals surface area contributed by atoms with Crippen molar-refractivity contribution >= 4 is 17.6 Å². The van der Waals surface area contributed by atoms with Crippen LogP contribution >= 0.6 is 11.6 Å². The molecule has 0 bridgehead atoms. The van der Waals surface area contributed by atoms with Crippen molar-refractivity contribution in [1.29, 1.82) is 0 Å². The van der Waals surface area contributed by atoms with Crippen LogP contribution in [0.3, 0.4) is 0 Å². The Bertz CT molecular complexity index is 607. The summed E-state index contributed by atoms with van der Waals surface area (Å²) in [7, 11) is 3.19. The Morgan fingerprint density at radius 2 is 2.22 bits per heavy atom. The molecule has 94 valence electrons. The third kappa shape index (κ3) is 2.17. The Kier molecular flexibility index (Phi) is 3.25. The topological polar surface area (TPSA) is 64.4 Å². The normalized spacial score (nSPS) is 10.4. The molecule has 1 aromatic carbocycles. The lowest BCUT2D eigenvalue weighted by Gasteiger charge is -2.05. The van der Waals surface area contributed by atoms with Gasteiger partial charge in [-0.1, -0.05) is 11.6 Å². The first-order valence-corrected chi connectivity index (χ1v) is 5.51. The fourth-order valence-electron chi connectivity index (χ4n) is 1.67. The molecule has 5 nitrogen and oxygen atoms in total. The molecular weight excluding hydrogens is 256 g/mol. The molecule has 0 radical (unpaired) electrons. The minimum Gasteiger partial charge on any atom is -0.495 e. The van der Waals surface area contributed by atoms with Gasteiger partial charge in [0.2, 0.25) is 0 Å². The molecule has 0 aliphatic carbocycles. The second-order valence-corrected chi connectivity index (χ2v) is 4.13. The van der Waals surface area contributed by atoms with E-state index >= 15 is 0 Å². The summed E-state index contributed by atoms with van der Waals surface area (Å²) in [5.41, 5.74) is 1.16. The van der Waals surface area contributed by atoms with Crippen molar-refractivity contribution in [3.05, 3.63) is 35.0 Å². The number of benzene rings is 1. The number of methoxy groups -OCH3 is 1. The van der Waals surface area contributed by atoms with Gasteiger partial charge in [-0.15, -0.1) is 0 Å². The van der Waals surface area contributed by atoms with Crippen molar-refractivity contribution in [1.82, 2.24) is 9.78 Å². The first kappa shape index (κ1) is 12.4. The number of rotatable bonds is 3. The van der Waals surface area contributed by atoms with E-state index in [0.717, 1.165) is 0 Å². The van der Waals surface area contributed by atoms with Crippen molar-refractivity contribution < 1.29 is 14.6 Å². The lowest BCUT2D eigenvalue weighted by atomic mass is 10.1. The number of nitrogens with zero attached hydrogens (tertiary/aromatic N) is 2. The van der Waals surface area contributed by atoms with Gasteiger partial charge in [-0.2, -0.15) is 5.10 Å². The van der Waals surface area contributed by atoms with Gasteiger partial charge in [0.25, 0.3) is 0 Å². The summed E-state index contributed by atoms with van der Waals surface area (Å²) in [6, 6.07) is 5.03. The molecule has 2 aromatic rings. The van der Waals surface area contributed by atoms with Crippen LogP contribution in [0.25, 0.3) is 11.3 Å². The molecule has 1 heterocycles. The van der Waals surface area contributed by atoms with E-state index in [4.69, 9.17) is 21.4 Å². The van der Waals surface area contributed by atoms with Crippen molar-refractivity contribution in [2.24, 2.45) is 7.05 Å². The van der Waals surface area contributed by atoms with E-state index < -0.39 is 5.97 Å². The third-order valence-corrected chi connectivity index (χ3v) is 2.78. The maximum atomic E-state index is 11.1. The molecule has 0 saturated heterocycles. The summed E-state index contributed by atoms with van der Waals surface area (Å²) in [6.45, 7) is 0. The molecule has 0 unspecified atom stereocenters. The standard InChI is InChI=1S/C12H11ClN2O3/c1-15-6-8(12(16)17)11(14-15)7-3-4-10(18-2)9(13)5-7/h3-6H,1-2H3,(H,16,17). The number of hydrogen-bond acceptors (Lipinski definition) is 3. The van der Waals surface area contributed by atoms with Gasteiger partial charge in [-0.3, -0.25) is 4.68 Å².